The van der Waals surface area contributed by atoms with Crippen molar-refractivity contribution in [1.82, 2.24) is 24.8 Å². The minimum atomic E-state index is 0.0921. The molecule has 1 aliphatic rings. The van der Waals surface area contributed by atoms with Crippen molar-refractivity contribution in [3.63, 3.8) is 0 Å². The molecule has 2 aromatic rings. The highest BCUT2D eigenvalue weighted by atomic mass is 16.2. The van der Waals surface area contributed by atoms with Crippen LogP contribution in [0.4, 0.5) is 10.6 Å². The van der Waals surface area contributed by atoms with E-state index in [1.165, 1.54) is 6.33 Å². The topological polar surface area (TPSA) is 77.2 Å². The summed E-state index contributed by atoms with van der Waals surface area (Å²) >= 11 is 0. The van der Waals surface area contributed by atoms with Gasteiger partial charge in [0.25, 0.3) is 0 Å². The molecule has 0 aromatic carbocycles. The molecule has 3 rings (SSSR count). The maximum Gasteiger partial charge on any atom is 0.319 e. The van der Waals surface area contributed by atoms with Crippen molar-refractivity contribution >= 4 is 22.9 Å². The molecule has 0 bridgehead atoms. The maximum atomic E-state index is 11.7. The van der Waals surface area contributed by atoms with E-state index >= 15 is 0 Å². The largest absolute Gasteiger partial charge is 0.366 e. The Kier molecular flexibility index (Phi) is 2.94. The lowest BCUT2D eigenvalue weighted by molar-refractivity contribution is 0.200. The first-order chi connectivity index (χ1) is 9.25. The first kappa shape index (κ1) is 11.8. The number of likely N-dealkylation sites (N-methyl/N-ethyl adjacent to an activating group) is 1. The third kappa shape index (κ3) is 2.18. The van der Waals surface area contributed by atoms with Gasteiger partial charge >= 0.3 is 6.03 Å². The fourth-order valence-electron chi connectivity index (χ4n) is 2.23. The average molecular weight is 260 g/mol. The standard InChI is InChI=1S/C12H16N6O/c1-17-6-7-18(12(17)19)5-4-14-11-10-9(2-3-13-10)15-8-16-11/h2-3,8,13H,4-7H2,1H3,(H,14,15,16). The van der Waals surface area contributed by atoms with Gasteiger partial charge in [0.05, 0.1) is 5.52 Å². The summed E-state index contributed by atoms with van der Waals surface area (Å²) in [4.78, 5) is 26.7. The smallest absolute Gasteiger partial charge is 0.319 e. The van der Waals surface area contributed by atoms with Crippen LogP contribution >= 0.6 is 0 Å². The van der Waals surface area contributed by atoms with Crippen LogP contribution in [-0.4, -0.2) is 64.0 Å². The van der Waals surface area contributed by atoms with Gasteiger partial charge < -0.3 is 20.1 Å². The predicted molar refractivity (Wildman–Crippen MR) is 72.0 cm³/mol. The van der Waals surface area contributed by atoms with Crippen LogP contribution in [0.5, 0.6) is 0 Å². The normalized spacial score (nSPS) is 15.5. The molecule has 7 nitrogen and oxygen atoms in total. The lowest BCUT2D eigenvalue weighted by Gasteiger charge is -2.16. The van der Waals surface area contributed by atoms with Gasteiger partial charge in [0, 0.05) is 39.4 Å². The zero-order valence-corrected chi connectivity index (χ0v) is 10.8. The molecular formula is C12H16N6O. The first-order valence-corrected chi connectivity index (χ1v) is 6.28. The summed E-state index contributed by atoms with van der Waals surface area (Å²) < 4.78 is 0. The van der Waals surface area contributed by atoms with Gasteiger partial charge in [-0.25, -0.2) is 14.8 Å². The number of aromatic nitrogens is 3. The highest BCUT2D eigenvalue weighted by Crippen LogP contribution is 2.16. The van der Waals surface area contributed by atoms with Crippen LogP contribution in [0.3, 0.4) is 0 Å². The molecule has 0 unspecified atom stereocenters. The summed E-state index contributed by atoms with van der Waals surface area (Å²) in [7, 11) is 1.82. The zero-order chi connectivity index (χ0) is 13.2. The van der Waals surface area contributed by atoms with Crippen molar-refractivity contribution in [2.45, 2.75) is 0 Å². The van der Waals surface area contributed by atoms with Crippen LogP contribution in [0.25, 0.3) is 11.0 Å². The summed E-state index contributed by atoms with van der Waals surface area (Å²) in [5.41, 5.74) is 1.78. The van der Waals surface area contributed by atoms with Crippen LogP contribution in [0.1, 0.15) is 0 Å². The van der Waals surface area contributed by atoms with E-state index in [9.17, 15) is 4.79 Å². The molecule has 0 aliphatic carbocycles. The molecule has 19 heavy (non-hydrogen) atoms. The van der Waals surface area contributed by atoms with Gasteiger partial charge in [0.15, 0.2) is 5.82 Å². The lowest BCUT2D eigenvalue weighted by atomic mass is 10.4. The number of aromatic amines is 1. The molecule has 0 atom stereocenters. The molecule has 1 saturated heterocycles. The van der Waals surface area contributed by atoms with Gasteiger partial charge in [-0.1, -0.05) is 0 Å². The fraction of sp³-hybridized carbons (Fsp3) is 0.417. The predicted octanol–water partition coefficient (Wildman–Crippen LogP) is 0.737. The number of hydrogen-bond donors (Lipinski definition) is 2. The van der Waals surface area contributed by atoms with Gasteiger partial charge in [0.1, 0.15) is 11.8 Å². The summed E-state index contributed by atoms with van der Waals surface area (Å²) in [6, 6.07) is 2.00. The number of hydrogen-bond acceptors (Lipinski definition) is 4. The summed E-state index contributed by atoms with van der Waals surface area (Å²) in [6.07, 6.45) is 3.37. The van der Waals surface area contributed by atoms with E-state index in [-0.39, 0.29) is 6.03 Å². The van der Waals surface area contributed by atoms with E-state index in [0.29, 0.717) is 13.1 Å². The highest BCUT2D eigenvalue weighted by Gasteiger charge is 2.24. The number of fused-ring (bicyclic) bond motifs is 1. The Morgan fingerprint density at radius 3 is 3.11 bits per heavy atom. The van der Waals surface area contributed by atoms with Crippen LogP contribution in [0, 0.1) is 0 Å². The van der Waals surface area contributed by atoms with E-state index in [1.54, 1.807) is 4.90 Å². The van der Waals surface area contributed by atoms with Gasteiger partial charge in [0.2, 0.25) is 0 Å². The van der Waals surface area contributed by atoms with Crippen LogP contribution in [0.2, 0.25) is 0 Å². The number of carbonyl (C=O) groups excluding carboxylic acids is 1. The molecular weight excluding hydrogens is 244 g/mol. The molecule has 100 valence electrons. The second kappa shape index (κ2) is 4.75. The molecule has 2 aromatic heterocycles. The molecule has 0 spiro atoms. The number of nitrogens with one attached hydrogen (secondary N) is 2. The van der Waals surface area contributed by atoms with E-state index in [1.807, 2.05) is 24.2 Å². The first-order valence-electron chi connectivity index (χ1n) is 6.28. The van der Waals surface area contributed by atoms with Gasteiger partial charge in [-0.3, -0.25) is 0 Å². The molecule has 0 saturated carbocycles. The van der Waals surface area contributed by atoms with Crippen molar-refractivity contribution < 1.29 is 4.79 Å². The number of urea groups is 1. The molecule has 1 fully saturated rings. The Hall–Kier alpha value is -2.31. The summed E-state index contributed by atoms with van der Waals surface area (Å²) in [5, 5.41) is 3.24. The molecule has 1 aliphatic heterocycles. The number of H-pyrrole nitrogens is 1. The minimum Gasteiger partial charge on any atom is -0.366 e. The lowest BCUT2D eigenvalue weighted by Crippen LogP contribution is -2.33. The van der Waals surface area contributed by atoms with Crippen molar-refractivity contribution in [2.24, 2.45) is 0 Å². The Balaban J connectivity index is 1.61. The maximum absolute atomic E-state index is 11.7. The Bertz CT molecular complexity index is 595. The van der Waals surface area contributed by atoms with Crippen LogP contribution in [-0.2, 0) is 0 Å². The third-order valence-electron chi connectivity index (χ3n) is 3.32. The quantitative estimate of drug-likeness (QED) is 0.850. The summed E-state index contributed by atoms with van der Waals surface area (Å²) in [6.45, 7) is 2.94. The molecule has 2 amide bonds. The van der Waals surface area contributed by atoms with Crippen LogP contribution in [0.15, 0.2) is 18.6 Å². The Morgan fingerprint density at radius 2 is 2.32 bits per heavy atom. The third-order valence-corrected chi connectivity index (χ3v) is 3.32. The number of amides is 2. The molecule has 7 heteroatoms. The molecule has 2 N–H and O–H groups in total. The summed E-state index contributed by atoms with van der Waals surface area (Å²) in [5.74, 6) is 0.773. The van der Waals surface area contributed by atoms with Crippen molar-refractivity contribution in [2.75, 3.05) is 38.5 Å². The second-order valence-corrected chi connectivity index (χ2v) is 4.58. The number of nitrogens with zero attached hydrogens (tertiary/aromatic N) is 4. The number of anilines is 1. The van der Waals surface area contributed by atoms with Gasteiger partial charge in [-0.05, 0) is 6.07 Å². The Labute approximate surface area is 110 Å². The number of rotatable bonds is 4. The van der Waals surface area contributed by atoms with Crippen LogP contribution < -0.4 is 5.32 Å². The van der Waals surface area contributed by atoms with E-state index in [2.05, 4.69) is 20.3 Å². The van der Waals surface area contributed by atoms with Crippen molar-refractivity contribution in [3.05, 3.63) is 18.6 Å². The SMILES string of the molecule is CN1CCN(CCNc2ncnc3cc[nH]c23)C1=O. The molecule has 0 radical (unpaired) electrons. The minimum absolute atomic E-state index is 0.0921. The van der Waals surface area contributed by atoms with Gasteiger partial charge in [-0.2, -0.15) is 0 Å². The average Bonchev–Trinajstić information content (AvgIpc) is 3.00. The zero-order valence-electron chi connectivity index (χ0n) is 10.8. The fourth-order valence-corrected chi connectivity index (χ4v) is 2.23. The van der Waals surface area contributed by atoms with E-state index in [0.717, 1.165) is 29.9 Å². The van der Waals surface area contributed by atoms with Gasteiger partial charge in [-0.15, -0.1) is 0 Å². The Morgan fingerprint density at radius 1 is 1.42 bits per heavy atom. The monoisotopic (exact) mass is 260 g/mol. The highest BCUT2D eigenvalue weighted by molar-refractivity contribution is 5.85. The van der Waals surface area contributed by atoms with Crippen molar-refractivity contribution in [3.8, 4) is 0 Å². The van der Waals surface area contributed by atoms with E-state index < -0.39 is 0 Å². The number of carbonyl (C=O) groups is 1. The molecule has 3 heterocycles. The second-order valence-electron chi connectivity index (χ2n) is 4.58. The van der Waals surface area contributed by atoms with E-state index in [4.69, 9.17) is 0 Å². The van der Waals surface area contributed by atoms with Crippen molar-refractivity contribution in [1.29, 1.82) is 0 Å².